The first-order valence-corrected chi connectivity index (χ1v) is 12.5. The number of benzene rings is 3. The van der Waals surface area contributed by atoms with Crippen LogP contribution in [0.4, 0.5) is 4.79 Å². The van der Waals surface area contributed by atoms with Gasteiger partial charge < -0.3 is 9.47 Å². The zero-order valence-corrected chi connectivity index (χ0v) is 22.2. The van der Waals surface area contributed by atoms with Gasteiger partial charge in [-0.05, 0) is 71.4 Å². The van der Waals surface area contributed by atoms with Gasteiger partial charge in [0, 0.05) is 15.1 Å². The average molecular weight is 583 g/mol. The molecule has 184 valence electrons. The largest absolute Gasteiger partial charge is 0.493 e. The van der Waals surface area contributed by atoms with Crippen LogP contribution in [0.2, 0.25) is 20.1 Å². The van der Waals surface area contributed by atoms with Gasteiger partial charge in [0.05, 0.1) is 29.1 Å². The number of halogens is 4. The fourth-order valence-corrected chi connectivity index (χ4v) is 5.07. The topological polar surface area (TPSA) is 72.9 Å². The van der Waals surface area contributed by atoms with E-state index >= 15 is 0 Å². The standard InChI is InChI=1S/C25H15Cl4NO5S/c1-34-21-8-13(2-7-20(21)35-24(32)17-6-5-16(27)11-19(17)29)9-22-23(31)30(25(33)36-22)12-14-3-4-15(26)10-18(14)28/h2-11H,12H2,1H3/b22-9-. The first-order chi connectivity index (χ1) is 17.2. The molecule has 0 aromatic heterocycles. The zero-order valence-electron chi connectivity index (χ0n) is 18.4. The summed E-state index contributed by atoms with van der Waals surface area (Å²) in [6, 6.07) is 14.0. The molecule has 1 saturated heterocycles. The number of nitrogens with zero attached hydrogens (tertiary/aromatic N) is 1. The van der Waals surface area contributed by atoms with Gasteiger partial charge in [-0.3, -0.25) is 14.5 Å². The number of rotatable bonds is 6. The SMILES string of the molecule is COc1cc(/C=C2\SC(=O)N(Cc3ccc(Cl)cc3Cl)C2=O)ccc1OC(=O)c1ccc(Cl)cc1Cl. The Labute approximate surface area is 230 Å². The highest BCUT2D eigenvalue weighted by Crippen LogP contribution is 2.36. The summed E-state index contributed by atoms with van der Waals surface area (Å²) >= 11 is 24.9. The quantitative estimate of drug-likeness (QED) is 0.168. The molecule has 6 nitrogen and oxygen atoms in total. The van der Waals surface area contributed by atoms with Crippen LogP contribution in [-0.2, 0) is 11.3 Å². The summed E-state index contributed by atoms with van der Waals surface area (Å²) in [5, 5.41) is 0.935. The molecule has 4 rings (SSSR count). The number of ether oxygens (including phenoxy) is 2. The van der Waals surface area contributed by atoms with Crippen molar-refractivity contribution in [2.75, 3.05) is 7.11 Å². The molecule has 0 N–H and O–H groups in total. The van der Waals surface area contributed by atoms with Crippen molar-refractivity contribution >= 4 is 81.4 Å². The average Bonchev–Trinajstić information content (AvgIpc) is 3.08. The van der Waals surface area contributed by atoms with Gasteiger partial charge in [0.25, 0.3) is 11.1 Å². The molecule has 1 aliphatic heterocycles. The highest BCUT2D eigenvalue weighted by atomic mass is 35.5. The minimum Gasteiger partial charge on any atom is -0.493 e. The van der Waals surface area contributed by atoms with Crippen molar-refractivity contribution in [3.63, 3.8) is 0 Å². The van der Waals surface area contributed by atoms with E-state index in [1.165, 1.54) is 31.4 Å². The maximum atomic E-state index is 12.9. The Kier molecular flexibility index (Phi) is 8.17. The van der Waals surface area contributed by atoms with Gasteiger partial charge >= 0.3 is 5.97 Å². The van der Waals surface area contributed by atoms with Crippen LogP contribution in [0, 0.1) is 0 Å². The van der Waals surface area contributed by atoms with Crippen LogP contribution in [0.5, 0.6) is 11.5 Å². The summed E-state index contributed by atoms with van der Waals surface area (Å²) in [5.41, 5.74) is 1.30. The lowest BCUT2D eigenvalue weighted by molar-refractivity contribution is -0.123. The number of amides is 2. The Balaban J connectivity index is 1.53. The van der Waals surface area contributed by atoms with E-state index in [2.05, 4.69) is 0 Å². The van der Waals surface area contributed by atoms with Crippen LogP contribution in [-0.4, -0.2) is 29.1 Å². The van der Waals surface area contributed by atoms with Crippen LogP contribution >= 0.6 is 58.2 Å². The smallest absolute Gasteiger partial charge is 0.345 e. The molecule has 0 saturated carbocycles. The highest BCUT2D eigenvalue weighted by Gasteiger charge is 2.35. The highest BCUT2D eigenvalue weighted by molar-refractivity contribution is 8.18. The van der Waals surface area contributed by atoms with Gasteiger partial charge in [-0.15, -0.1) is 0 Å². The van der Waals surface area contributed by atoms with Crippen LogP contribution in [0.1, 0.15) is 21.5 Å². The van der Waals surface area contributed by atoms with Gasteiger partial charge in [0.15, 0.2) is 11.5 Å². The molecule has 0 aliphatic carbocycles. The molecule has 0 unspecified atom stereocenters. The molecule has 1 aliphatic rings. The van der Waals surface area contributed by atoms with E-state index < -0.39 is 17.1 Å². The van der Waals surface area contributed by atoms with E-state index in [-0.39, 0.29) is 33.5 Å². The molecule has 0 atom stereocenters. The Morgan fingerprint density at radius 3 is 2.28 bits per heavy atom. The second-order valence-corrected chi connectivity index (χ2v) is 10.1. The predicted molar refractivity (Wildman–Crippen MR) is 142 cm³/mol. The lowest BCUT2D eigenvalue weighted by atomic mass is 10.1. The number of esters is 1. The normalized spacial score (nSPS) is 14.5. The second-order valence-electron chi connectivity index (χ2n) is 7.43. The Morgan fingerprint density at radius 2 is 1.61 bits per heavy atom. The molecule has 3 aromatic carbocycles. The minimum absolute atomic E-state index is 0.0173. The molecular weight excluding hydrogens is 568 g/mol. The molecule has 36 heavy (non-hydrogen) atoms. The third-order valence-corrected chi connectivity index (χ3v) is 7.10. The van der Waals surface area contributed by atoms with Crippen molar-refractivity contribution in [3.8, 4) is 11.5 Å². The number of thioether (sulfide) groups is 1. The van der Waals surface area contributed by atoms with Crippen molar-refractivity contribution in [2.24, 2.45) is 0 Å². The fourth-order valence-electron chi connectivity index (χ4n) is 3.28. The van der Waals surface area contributed by atoms with Crippen molar-refractivity contribution in [2.45, 2.75) is 6.54 Å². The van der Waals surface area contributed by atoms with E-state index in [1.54, 1.807) is 36.4 Å². The fraction of sp³-hybridized carbons (Fsp3) is 0.0800. The first kappa shape index (κ1) is 26.4. The summed E-state index contributed by atoms with van der Waals surface area (Å²) in [5.74, 6) is -0.752. The third-order valence-electron chi connectivity index (χ3n) is 5.06. The zero-order chi connectivity index (χ0) is 26.0. The summed E-state index contributed by atoms with van der Waals surface area (Å²) in [6.07, 6.45) is 1.55. The van der Waals surface area contributed by atoms with Crippen molar-refractivity contribution in [1.82, 2.24) is 4.90 Å². The number of hydrogen-bond acceptors (Lipinski definition) is 6. The Morgan fingerprint density at radius 1 is 0.917 bits per heavy atom. The molecule has 0 bridgehead atoms. The molecule has 11 heteroatoms. The number of methoxy groups -OCH3 is 1. The Hall–Kier alpha value is -2.68. The monoisotopic (exact) mass is 581 g/mol. The molecular formula is C25H15Cl4NO5S. The third kappa shape index (κ3) is 5.82. The van der Waals surface area contributed by atoms with Crippen LogP contribution in [0.15, 0.2) is 59.5 Å². The minimum atomic E-state index is -0.690. The van der Waals surface area contributed by atoms with Crippen LogP contribution in [0.25, 0.3) is 6.08 Å². The molecule has 1 fully saturated rings. The summed E-state index contributed by atoms with van der Waals surface area (Å²) in [6.45, 7) is 0.0173. The number of carbonyl (C=O) groups excluding carboxylic acids is 3. The van der Waals surface area contributed by atoms with Crippen LogP contribution < -0.4 is 9.47 Å². The lowest BCUT2D eigenvalue weighted by Crippen LogP contribution is -2.27. The summed E-state index contributed by atoms with van der Waals surface area (Å²) in [4.78, 5) is 39.3. The first-order valence-electron chi connectivity index (χ1n) is 10.2. The van der Waals surface area contributed by atoms with E-state index in [1.807, 2.05) is 0 Å². The van der Waals surface area contributed by atoms with E-state index in [4.69, 9.17) is 55.9 Å². The maximum absolute atomic E-state index is 12.9. The molecule has 2 amide bonds. The number of hydrogen-bond donors (Lipinski definition) is 0. The molecule has 3 aromatic rings. The van der Waals surface area contributed by atoms with Crippen LogP contribution in [0.3, 0.4) is 0 Å². The summed E-state index contributed by atoms with van der Waals surface area (Å²) in [7, 11) is 1.41. The van der Waals surface area contributed by atoms with Gasteiger partial charge in [-0.25, -0.2) is 4.79 Å². The maximum Gasteiger partial charge on any atom is 0.345 e. The number of carbonyl (C=O) groups is 3. The van der Waals surface area contributed by atoms with E-state index in [0.29, 0.717) is 26.2 Å². The van der Waals surface area contributed by atoms with Crippen molar-refractivity contribution in [3.05, 3.63) is 96.3 Å². The lowest BCUT2D eigenvalue weighted by Gasteiger charge is -2.13. The molecule has 0 spiro atoms. The van der Waals surface area contributed by atoms with Gasteiger partial charge in [0.2, 0.25) is 0 Å². The van der Waals surface area contributed by atoms with Gasteiger partial charge in [-0.1, -0.05) is 58.5 Å². The number of imide groups is 1. The van der Waals surface area contributed by atoms with Gasteiger partial charge in [0.1, 0.15) is 0 Å². The predicted octanol–water partition coefficient (Wildman–Crippen LogP) is 7.76. The Bertz CT molecular complexity index is 1430. The van der Waals surface area contributed by atoms with Gasteiger partial charge in [-0.2, -0.15) is 0 Å². The van der Waals surface area contributed by atoms with Crippen molar-refractivity contribution < 1.29 is 23.9 Å². The molecule has 0 radical (unpaired) electrons. The van der Waals surface area contributed by atoms with E-state index in [9.17, 15) is 14.4 Å². The molecule has 1 heterocycles. The summed E-state index contributed by atoms with van der Waals surface area (Å²) < 4.78 is 10.8. The second kappa shape index (κ2) is 11.2. The van der Waals surface area contributed by atoms with Crippen molar-refractivity contribution in [1.29, 1.82) is 0 Å². The van der Waals surface area contributed by atoms with E-state index in [0.717, 1.165) is 16.7 Å².